The van der Waals surface area contributed by atoms with Crippen LogP contribution in [0.5, 0.6) is 23.0 Å². The SMILES string of the molecule is CC(=O)c1ccc(C(=O)NCCCCCC(=O)NCCOCCOCCCCCCCl)cc1C1(C)c2ccc(OC(=O)C(C)(C)C)cc2Oc2cc(OC(=O)C(C)(C)C)ccc21. The zero-order valence-corrected chi connectivity index (χ0v) is 38.5. The highest BCUT2D eigenvalue weighted by atomic mass is 35.5. The van der Waals surface area contributed by atoms with Gasteiger partial charge >= 0.3 is 11.9 Å². The summed E-state index contributed by atoms with van der Waals surface area (Å²) in [6.07, 6.45) is 6.76. The Bertz CT molecular complexity index is 1960. The quantitative estimate of drug-likeness (QED) is 0.0309. The van der Waals surface area contributed by atoms with Gasteiger partial charge in [0.15, 0.2) is 5.78 Å². The lowest BCUT2D eigenvalue weighted by Gasteiger charge is -2.39. The van der Waals surface area contributed by atoms with Crippen LogP contribution in [0, 0.1) is 10.8 Å². The summed E-state index contributed by atoms with van der Waals surface area (Å²) < 4.78 is 29.0. The molecule has 62 heavy (non-hydrogen) atoms. The molecule has 0 radical (unpaired) electrons. The summed E-state index contributed by atoms with van der Waals surface area (Å²) in [6.45, 7) is 17.0. The molecular weight excluding hydrogens is 812 g/mol. The summed E-state index contributed by atoms with van der Waals surface area (Å²) in [7, 11) is 0. The number of alkyl halides is 1. The first-order chi connectivity index (χ1) is 29.4. The molecule has 13 heteroatoms. The first-order valence-corrected chi connectivity index (χ1v) is 22.2. The van der Waals surface area contributed by atoms with E-state index in [1.807, 2.05) is 6.92 Å². The van der Waals surface area contributed by atoms with Gasteiger partial charge in [-0.2, -0.15) is 0 Å². The molecule has 1 heterocycles. The topological polar surface area (TPSA) is 156 Å². The van der Waals surface area contributed by atoms with Gasteiger partial charge in [-0.15, -0.1) is 11.6 Å². The first-order valence-electron chi connectivity index (χ1n) is 21.7. The zero-order chi connectivity index (χ0) is 45.5. The number of ether oxygens (including phenoxy) is 5. The fourth-order valence-corrected chi connectivity index (χ4v) is 7.01. The van der Waals surface area contributed by atoms with Crippen LogP contribution in [0.3, 0.4) is 0 Å². The molecule has 4 rings (SSSR count). The number of Topliss-reactive ketones (excluding diaryl/α,β-unsaturated/α-hetero) is 1. The van der Waals surface area contributed by atoms with E-state index in [0.717, 1.165) is 32.1 Å². The molecule has 1 aliphatic rings. The van der Waals surface area contributed by atoms with Crippen molar-refractivity contribution in [1.82, 2.24) is 10.6 Å². The molecule has 0 saturated carbocycles. The van der Waals surface area contributed by atoms with E-state index in [1.54, 1.807) is 96.1 Å². The molecule has 3 aromatic carbocycles. The van der Waals surface area contributed by atoms with Gasteiger partial charge in [0.25, 0.3) is 5.91 Å². The number of carbonyl (C=O) groups excluding carboxylic acids is 5. The van der Waals surface area contributed by atoms with Gasteiger partial charge in [0.2, 0.25) is 5.91 Å². The van der Waals surface area contributed by atoms with Crippen LogP contribution in [0.15, 0.2) is 54.6 Å². The summed E-state index contributed by atoms with van der Waals surface area (Å²) in [6, 6.07) is 15.3. The summed E-state index contributed by atoms with van der Waals surface area (Å²) in [5, 5.41) is 5.87. The molecule has 12 nitrogen and oxygen atoms in total. The van der Waals surface area contributed by atoms with Crippen LogP contribution in [-0.4, -0.2) is 74.9 Å². The first kappa shape index (κ1) is 49.9. The van der Waals surface area contributed by atoms with Crippen molar-refractivity contribution in [2.75, 3.05) is 45.4 Å². The molecule has 0 aromatic heterocycles. The van der Waals surface area contributed by atoms with Crippen LogP contribution >= 0.6 is 11.6 Å². The minimum Gasteiger partial charge on any atom is -0.456 e. The predicted molar refractivity (Wildman–Crippen MR) is 240 cm³/mol. The molecule has 0 saturated heterocycles. The Morgan fingerprint density at radius 2 is 1.19 bits per heavy atom. The van der Waals surface area contributed by atoms with Crippen LogP contribution in [0.1, 0.15) is 144 Å². The number of nitrogens with one attached hydrogen (secondary N) is 2. The fraction of sp³-hybridized carbons (Fsp3) is 0.531. The maximum absolute atomic E-state index is 13.6. The molecule has 2 N–H and O–H groups in total. The Balaban J connectivity index is 1.42. The van der Waals surface area contributed by atoms with Crippen molar-refractivity contribution in [1.29, 1.82) is 0 Å². The predicted octanol–water partition coefficient (Wildman–Crippen LogP) is 9.49. The van der Waals surface area contributed by atoms with E-state index >= 15 is 0 Å². The molecule has 1 aliphatic heterocycles. The van der Waals surface area contributed by atoms with E-state index in [4.69, 9.17) is 35.3 Å². The van der Waals surface area contributed by atoms with Gasteiger partial charge in [0.05, 0.1) is 36.1 Å². The Kier molecular flexibility index (Phi) is 18.5. The van der Waals surface area contributed by atoms with Crippen molar-refractivity contribution >= 4 is 41.1 Å². The number of carbonyl (C=O) groups is 5. The lowest BCUT2D eigenvalue weighted by atomic mass is 9.67. The number of benzene rings is 3. The van der Waals surface area contributed by atoms with Gasteiger partial charge in [0.1, 0.15) is 23.0 Å². The number of amides is 2. The number of halogens is 1. The second kappa shape index (κ2) is 23.1. The van der Waals surface area contributed by atoms with Crippen LogP contribution in [0.2, 0.25) is 0 Å². The van der Waals surface area contributed by atoms with Crippen molar-refractivity contribution < 1.29 is 47.7 Å². The maximum atomic E-state index is 13.6. The number of rotatable bonds is 23. The third-order valence-electron chi connectivity index (χ3n) is 10.5. The third-order valence-corrected chi connectivity index (χ3v) is 10.8. The van der Waals surface area contributed by atoms with Crippen molar-refractivity contribution in [2.24, 2.45) is 10.8 Å². The molecule has 3 aromatic rings. The third kappa shape index (κ3) is 14.1. The van der Waals surface area contributed by atoms with Crippen molar-refractivity contribution in [2.45, 2.75) is 112 Å². The maximum Gasteiger partial charge on any atom is 0.316 e. The molecule has 0 unspecified atom stereocenters. The van der Waals surface area contributed by atoms with Crippen LogP contribution in [0.25, 0.3) is 0 Å². The van der Waals surface area contributed by atoms with E-state index in [-0.39, 0.29) is 29.1 Å². The molecular formula is C49H65ClN2O10. The molecule has 0 spiro atoms. The number of hydrogen-bond acceptors (Lipinski definition) is 10. The molecule has 0 aliphatic carbocycles. The summed E-state index contributed by atoms with van der Waals surface area (Å²) >= 11 is 5.69. The molecule has 0 fully saturated rings. The van der Waals surface area contributed by atoms with E-state index in [2.05, 4.69) is 10.6 Å². The van der Waals surface area contributed by atoms with Crippen molar-refractivity contribution in [3.8, 4) is 23.0 Å². The van der Waals surface area contributed by atoms with Gasteiger partial charge in [-0.1, -0.05) is 37.5 Å². The Labute approximate surface area is 372 Å². The number of hydrogen-bond donors (Lipinski definition) is 2. The second-order valence-corrected chi connectivity index (χ2v) is 18.3. The average Bonchev–Trinajstić information content (AvgIpc) is 3.21. The van der Waals surface area contributed by atoms with E-state index in [9.17, 15) is 24.0 Å². The lowest BCUT2D eigenvalue weighted by Crippen LogP contribution is -2.32. The Morgan fingerprint density at radius 3 is 1.76 bits per heavy atom. The number of unbranched alkanes of at least 4 members (excludes halogenated alkanes) is 5. The van der Waals surface area contributed by atoms with E-state index < -0.39 is 28.2 Å². The van der Waals surface area contributed by atoms with Gasteiger partial charge < -0.3 is 34.3 Å². The Morgan fingerprint density at radius 1 is 0.629 bits per heavy atom. The van der Waals surface area contributed by atoms with E-state index in [1.165, 1.54) is 6.92 Å². The molecule has 2 amide bonds. The van der Waals surface area contributed by atoms with Crippen LogP contribution in [0.4, 0.5) is 0 Å². The largest absolute Gasteiger partial charge is 0.456 e. The molecule has 0 atom stereocenters. The smallest absolute Gasteiger partial charge is 0.316 e. The highest BCUT2D eigenvalue weighted by Crippen LogP contribution is 2.54. The summed E-state index contributed by atoms with van der Waals surface area (Å²) in [4.78, 5) is 64.9. The Hall–Kier alpha value is -4.78. The van der Waals surface area contributed by atoms with Crippen molar-refractivity contribution in [3.05, 3.63) is 82.4 Å². The number of ketones is 1. The van der Waals surface area contributed by atoms with Gasteiger partial charge in [0, 0.05) is 66.4 Å². The monoisotopic (exact) mass is 876 g/mol. The second-order valence-electron chi connectivity index (χ2n) is 17.9. The van der Waals surface area contributed by atoms with E-state index in [0.29, 0.717) is 104 Å². The van der Waals surface area contributed by atoms with Crippen molar-refractivity contribution in [3.63, 3.8) is 0 Å². The average molecular weight is 878 g/mol. The van der Waals surface area contributed by atoms with Gasteiger partial charge in [-0.3, -0.25) is 24.0 Å². The summed E-state index contributed by atoms with van der Waals surface area (Å²) in [5.41, 5.74) is 0.0973. The minimum absolute atomic E-state index is 0.0435. The highest BCUT2D eigenvalue weighted by molar-refractivity contribution is 6.17. The van der Waals surface area contributed by atoms with Crippen LogP contribution < -0.4 is 24.8 Å². The lowest BCUT2D eigenvalue weighted by molar-refractivity contribution is -0.143. The standard InChI is InChI=1S/C49H65ClN2O10/c1-33(53)37-20-17-34(44(55)52-24-14-11-12-16-43(54)51-25-27-59-29-28-58-26-15-10-9-13-23-50)30-40(37)49(8)38-21-18-35(60-45(56)47(2,3)4)31-41(38)62-42-32-36(19-22-39(42)49)61-46(57)48(5,6)7/h17-22,30-32H,9-16,23-29H2,1-8H3,(H,51,54)(H,52,55). The zero-order valence-electron chi connectivity index (χ0n) is 37.8. The number of esters is 2. The fourth-order valence-electron chi connectivity index (χ4n) is 6.82. The molecule has 338 valence electrons. The van der Waals surface area contributed by atoms with Gasteiger partial charge in [-0.05, 0) is 111 Å². The number of fused-ring (bicyclic) bond motifs is 2. The highest BCUT2D eigenvalue weighted by Gasteiger charge is 2.43. The van der Waals surface area contributed by atoms with Gasteiger partial charge in [-0.25, -0.2) is 0 Å². The van der Waals surface area contributed by atoms with Crippen LogP contribution in [-0.2, 0) is 29.3 Å². The minimum atomic E-state index is -1.06. The molecule has 0 bridgehead atoms. The normalized spacial score (nSPS) is 13.0. The summed E-state index contributed by atoms with van der Waals surface area (Å²) in [5.74, 6) is 0.578.